The molecule has 0 unspecified atom stereocenters. The van der Waals surface area contributed by atoms with Gasteiger partial charge in [0.25, 0.3) is 0 Å². The second-order valence-corrected chi connectivity index (χ2v) is 8.41. The van der Waals surface area contributed by atoms with Crippen molar-refractivity contribution in [3.05, 3.63) is 23.8 Å². The lowest BCUT2D eigenvalue weighted by Crippen LogP contribution is -2.45. The van der Waals surface area contributed by atoms with Gasteiger partial charge in [0.1, 0.15) is 5.82 Å². The lowest BCUT2D eigenvalue weighted by molar-refractivity contribution is 0.166. The van der Waals surface area contributed by atoms with Crippen LogP contribution in [0, 0.1) is 6.92 Å². The molecule has 22 heavy (non-hydrogen) atoms. The molecule has 6 nitrogen and oxygen atoms in total. The first kappa shape index (κ1) is 15.8. The zero-order valence-corrected chi connectivity index (χ0v) is 14.1. The number of likely N-dealkylation sites (tertiary alicyclic amines) is 1. The topological polar surface area (TPSA) is 66.4 Å². The zero-order valence-electron chi connectivity index (χ0n) is 13.3. The normalized spacial score (nSPS) is 25.6. The van der Waals surface area contributed by atoms with Gasteiger partial charge in [0, 0.05) is 43.5 Å². The summed E-state index contributed by atoms with van der Waals surface area (Å²) in [4.78, 5) is 11.5. The Kier molecular flexibility index (Phi) is 4.47. The molecule has 0 spiro atoms. The van der Waals surface area contributed by atoms with Gasteiger partial charge in [0.2, 0.25) is 10.0 Å². The van der Waals surface area contributed by atoms with Crippen molar-refractivity contribution >= 4 is 10.0 Å². The minimum atomic E-state index is -3.04. The number of rotatable bonds is 3. The van der Waals surface area contributed by atoms with E-state index in [2.05, 4.69) is 14.9 Å². The van der Waals surface area contributed by atoms with Gasteiger partial charge in [0.15, 0.2) is 0 Å². The molecule has 0 bridgehead atoms. The number of hydrogen-bond donors (Lipinski definition) is 0. The quantitative estimate of drug-likeness (QED) is 0.830. The summed E-state index contributed by atoms with van der Waals surface area (Å²) in [6, 6.07) is 2.42. The van der Waals surface area contributed by atoms with Gasteiger partial charge in [-0.05, 0) is 38.8 Å². The number of nitrogens with zero attached hydrogens (tertiary/aromatic N) is 4. The Morgan fingerprint density at radius 3 is 2.55 bits per heavy atom. The first-order chi connectivity index (χ1) is 10.4. The number of aromatic nitrogens is 2. The van der Waals surface area contributed by atoms with Gasteiger partial charge >= 0.3 is 0 Å². The molecule has 1 aromatic heterocycles. The monoisotopic (exact) mass is 324 g/mol. The molecule has 3 heterocycles. The van der Waals surface area contributed by atoms with Crippen LogP contribution in [0.4, 0.5) is 0 Å². The molecule has 0 radical (unpaired) electrons. The second-order valence-electron chi connectivity index (χ2n) is 6.43. The summed E-state index contributed by atoms with van der Waals surface area (Å²) < 4.78 is 24.8. The molecule has 0 aliphatic carbocycles. The van der Waals surface area contributed by atoms with Crippen molar-refractivity contribution in [1.29, 1.82) is 0 Å². The fourth-order valence-electron chi connectivity index (χ4n) is 3.53. The molecule has 2 saturated heterocycles. The smallest absolute Gasteiger partial charge is 0.211 e. The Morgan fingerprint density at radius 2 is 1.91 bits per heavy atom. The van der Waals surface area contributed by atoms with Crippen LogP contribution in [-0.2, 0) is 10.0 Å². The Bertz CT molecular complexity index is 626. The largest absolute Gasteiger partial charge is 0.300 e. The van der Waals surface area contributed by atoms with Crippen LogP contribution in [0.2, 0.25) is 0 Å². The van der Waals surface area contributed by atoms with Crippen molar-refractivity contribution in [1.82, 2.24) is 19.2 Å². The van der Waals surface area contributed by atoms with E-state index in [1.54, 1.807) is 4.31 Å². The maximum Gasteiger partial charge on any atom is 0.211 e. The molecule has 0 aromatic carbocycles. The summed E-state index contributed by atoms with van der Waals surface area (Å²) >= 11 is 0. The Balaban J connectivity index is 1.58. The molecular weight excluding hydrogens is 300 g/mol. The zero-order chi connectivity index (χ0) is 15.7. The maximum atomic E-state index is 11.6. The standard InChI is InChI=1S/C15H24N4O2S/c1-12-3-7-16-15(17-12)13-4-8-18(11-13)14-5-9-19(10-6-14)22(2,20)21/h3,7,13-14H,4-6,8-11H2,1-2H3/t13-/m1/s1. The van der Waals surface area contributed by atoms with Crippen molar-refractivity contribution in [2.75, 3.05) is 32.4 Å². The highest BCUT2D eigenvalue weighted by molar-refractivity contribution is 7.88. The number of aryl methyl sites for hydroxylation is 1. The van der Waals surface area contributed by atoms with Gasteiger partial charge in [0.05, 0.1) is 6.26 Å². The highest BCUT2D eigenvalue weighted by atomic mass is 32.2. The van der Waals surface area contributed by atoms with E-state index in [1.165, 1.54) is 6.26 Å². The lowest BCUT2D eigenvalue weighted by atomic mass is 10.0. The molecule has 2 aliphatic heterocycles. The molecule has 1 atom stereocenters. The lowest BCUT2D eigenvalue weighted by Gasteiger charge is -2.35. The van der Waals surface area contributed by atoms with Crippen LogP contribution in [0.25, 0.3) is 0 Å². The van der Waals surface area contributed by atoms with E-state index in [0.717, 1.165) is 43.9 Å². The van der Waals surface area contributed by atoms with E-state index in [-0.39, 0.29) is 0 Å². The summed E-state index contributed by atoms with van der Waals surface area (Å²) in [7, 11) is -3.04. The summed E-state index contributed by atoms with van der Waals surface area (Å²) in [5.41, 5.74) is 1.02. The number of sulfonamides is 1. The highest BCUT2D eigenvalue weighted by Crippen LogP contribution is 2.29. The third-order valence-electron chi connectivity index (χ3n) is 4.81. The van der Waals surface area contributed by atoms with Gasteiger partial charge in [-0.1, -0.05) is 0 Å². The van der Waals surface area contributed by atoms with Gasteiger partial charge in [-0.2, -0.15) is 0 Å². The minimum Gasteiger partial charge on any atom is -0.300 e. The van der Waals surface area contributed by atoms with Crippen molar-refractivity contribution in [3.8, 4) is 0 Å². The summed E-state index contributed by atoms with van der Waals surface area (Å²) in [6.07, 6.45) is 6.08. The van der Waals surface area contributed by atoms with E-state index >= 15 is 0 Å². The summed E-state index contributed by atoms with van der Waals surface area (Å²) in [5, 5.41) is 0. The van der Waals surface area contributed by atoms with Gasteiger partial charge < -0.3 is 0 Å². The maximum absolute atomic E-state index is 11.6. The van der Waals surface area contributed by atoms with Crippen LogP contribution in [0.5, 0.6) is 0 Å². The predicted octanol–water partition coefficient (Wildman–Crippen LogP) is 0.998. The Hall–Kier alpha value is -1.05. The molecule has 7 heteroatoms. The molecule has 2 fully saturated rings. The van der Waals surface area contributed by atoms with Gasteiger partial charge in [-0.3, -0.25) is 4.90 Å². The molecule has 0 N–H and O–H groups in total. The number of hydrogen-bond acceptors (Lipinski definition) is 5. The van der Waals surface area contributed by atoms with Crippen molar-refractivity contribution in [2.45, 2.75) is 38.1 Å². The minimum absolute atomic E-state index is 0.410. The Morgan fingerprint density at radius 1 is 1.18 bits per heavy atom. The fourth-order valence-corrected chi connectivity index (χ4v) is 4.41. The average Bonchev–Trinajstić information content (AvgIpc) is 2.96. The van der Waals surface area contributed by atoms with Crippen LogP contribution >= 0.6 is 0 Å². The van der Waals surface area contributed by atoms with E-state index < -0.39 is 10.0 Å². The van der Waals surface area contributed by atoms with Crippen LogP contribution in [0.15, 0.2) is 12.3 Å². The van der Waals surface area contributed by atoms with Crippen LogP contribution in [-0.4, -0.2) is 66.1 Å². The predicted molar refractivity (Wildman–Crippen MR) is 85.1 cm³/mol. The van der Waals surface area contributed by atoms with Crippen molar-refractivity contribution < 1.29 is 8.42 Å². The molecular formula is C15H24N4O2S. The molecule has 122 valence electrons. The van der Waals surface area contributed by atoms with Crippen molar-refractivity contribution in [2.24, 2.45) is 0 Å². The molecule has 3 rings (SSSR count). The fraction of sp³-hybridized carbons (Fsp3) is 0.733. The van der Waals surface area contributed by atoms with E-state index in [0.29, 0.717) is 25.0 Å². The average molecular weight is 324 g/mol. The first-order valence-corrected chi connectivity index (χ1v) is 9.77. The van der Waals surface area contributed by atoms with Crippen LogP contribution in [0.3, 0.4) is 0 Å². The third kappa shape index (κ3) is 3.47. The second kappa shape index (κ2) is 6.22. The van der Waals surface area contributed by atoms with Crippen LogP contribution in [0.1, 0.15) is 36.7 Å². The Labute approximate surface area is 132 Å². The van der Waals surface area contributed by atoms with Crippen molar-refractivity contribution in [3.63, 3.8) is 0 Å². The third-order valence-corrected chi connectivity index (χ3v) is 6.11. The summed E-state index contributed by atoms with van der Waals surface area (Å²) in [5.74, 6) is 1.36. The molecule has 1 aromatic rings. The molecule has 0 amide bonds. The SMILES string of the molecule is Cc1ccnc([C@@H]2CCN(C3CCN(S(C)(=O)=O)CC3)C2)n1. The number of piperidine rings is 1. The first-order valence-electron chi connectivity index (χ1n) is 7.92. The van der Waals surface area contributed by atoms with Crippen LogP contribution < -0.4 is 0 Å². The van der Waals surface area contributed by atoms with E-state index in [9.17, 15) is 8.42 Å². The highest BCUT2D eigenvalue weighted by Gasteiger charge is 2.33. The molecule has 2 aliphatic rings. The molecule has 0 saturated carbocycles. The van der Waals surface area contributed by atoms with E-state index in [4.69, 9.17) is 0 Å². The van der Waals surface area contributed by atoms with Gasteiger partial charge in [-0.15, -0.1) is 0 Å². The summed E-state index contributed by atoms with van der Waals surface area (Å²) in [6.45, 7) is 5.34. The van der Waals surface area contributed by atoms with E-state index in [1.807, 2.05) is 19.2 Å². The van der Waals surface area contributed by atoms with Gasteiger partial charge in [-0.25, -0.2) is 22.7 Å².